The van der Waals surface area contributed by atoms with Crippen molar-refractivity contribution < 1.29 is 0 Å². The minimum absolute atomic E-state index is 0.154. The summed E-state index contributed by atoms with van der Waals surface area (Å²) in [7, 11) is 0. The van der Waals surface area contributed by atoms with Crippen molar-refractivity contribution in [1.29, 1.82) is 0 Å². The van der Waals surface area contributed by atoms with Crippen LogP contribution in [0.2, 0.25) is 0 Å². The fourth-order valence-electron chi connectivity index (χ4n) is 2.17. The Balaban J connectivity index is 2.15. The largest absolute Gasteiger partial charge is 0.366 e. The van der Waals surface area contributed by atoms with Crippen molar-refractivity contribution in [2.24, 2.45) is 5.73 Å². The van der Waals surface area contributed by atoms with Crippen LogP contribution in [-0.4, -0.2) is 27.5 Å². The van der Waals surface area contributed by atoms with E-state index in [0.717, 1.165) is 27.8 Å². The molecule has 5 heteroatoms. The van der Waals surface area contributed by atoms with E-state index < -0.39 is 0 Å². The van der Waals surface area contributed by atoms with Gasteiger partial charge in [0.25, 0.3) is 0 Å². The van der Waals surface area contributed by atoms with Gasteiger partial charge < -0.3 is 11.1 Å². The highest BCUT2D eigenvalue weighted by molar-refractivity contribution is 5.94. The van der Waals surface area contributed by atoms with Gasteiger partial charge >= 0.3 is 0 Å². The van der Waals surface area contributed by atoms with E-state index in [2.05, 4.69) is 15.3 Å². The topological polar surface area (TPSA) is 76.7 Å². The SMILES string of the molecule is CC(CN)Nc1nc(-c2ccncc2)cc2cnccc12. The number of pyridine rings is 3. The third-order valence-corrected chi connectivity index (χ3v) is 3.34. The van der Waals surface area contributed by atoms with Crippen molar-refractivity contribution in [3.05, 3.63) is 49.1 Å². The molecule has 1 unspecified atom stereocenters. The minimum atomic E-state index is 0.154. The molecule has 0 aliphatic heterocycles. The van der Waals surface area contributed by atoms with Gasteiger partial charge in [-0.1, -0.05) is 0 Å². The summed E-state index contributed by atoms with van der Waals surface area (Å²) in [6, 6.07) is 8.04. The first kappa shape index (κ1) is 13.5. The van der Waals surface area contributed by atoms with E-state index in [1.165, 1.54) is 0 Å². The first-order chi connectivity index (χ1) is 10.3. The van der Waals surface area contributed by atoms with Crippen LogP contribution in [0.4, 0.5) is 5.82 Å². The number of fused-ring (bicyclic) bond motifs is 1. The maximum Gasteiger partial charge on any atom is 0.134 e. The molecule has 21 heavy (non-hydrogen) atoms. The lowest BCUT2D eigenvalue weighted by molar-refractivity contribution is 0.800. The predicted molar refractivity (Wildman–Crippen MR) is 84.9 cm³/mol. The zero-order valence-electron chi connectivity index (χ0n) is 11.8. The third-order valence-electron chi connectivity index (χ3n) is 3.34. The van der Waals surface area contributed by atoms with E-state index in [9.17, 15) is 0 Å². The summed E-state index contributed by atoms with van der Waals surface area (Å²) in [5.74, 6) is 0.833. The van der Waals surface area contributed by atoms with Crippen LogP contribution in [0.25, 0.3) is 22.0 Å². The highest BCUT2D eigenvalue weighted by Gasteiger charge is 2.09. The second-order valence-electron chi connectivity index (χ2n) is 4.97. The monoisotopic (exact) mass is 279 g/mol. The molecule has 0 bridgehead atoms. The summed E-state index contributed by atoms with van der Waals surface area (Å²) in [6.45, 7) is 2.58. The minimum Gasteiger partial charge on any atom is -0.366 e. The smallest absolute Gasteiger partial charge is 0.134 e. The molecular formula is C16H17N5. The number of hydrogen-bond donors (Lipinski definition) is 2. The Morgan fingerprint density at radius 3 is 2.67 bits per heavy atom. The normalized spacial score (nSPS) is 12.3. The van der Waals surface area contributed by atoms with Gasteiger partial charge in [-0.3, -0.25) is 9.97 Å². The Morgan fingerprint density at radius 2 is 1.90 bits per heavy atom. The van der Waals surface area contributed by atoms with Crippen molar-refractivity contribution in [3.63, 3.8) is 0 Å². The highest BCUT2D eigenvalue weighted by atomic mass is 15.0. The van der Waals surface area contributed by atoms with E-state index >= 15 is 0 Å². The second-order valence-corrected chi connectivity index (χ2v) is 4.97. The molecule has 3 rings (SSSR count). The number of nitrogens with two attached hydrogens (primary N) is 1. The number of hydrogen-bond acceptors (Lipinski definition) is 5. The summed E-state index contributed by atoms with van der Waals surface area (Å²) < 4.78 is 0. The Kier molecular flexibility index (Phi) is 3.75. The molecule has 3 aromatic rings. The first-order valence-corrected chi connectivity index (χ1v) is 6.89. The maximum atomic E-state index is 5.70. The molecule has 0 aliphatic carbocycles. The highest BCUT2D eigenvalue weighted by Crippen LogP contribution is 2.27. The molecule has 0 fully saturated rings. The fourth-order valence-corrected chi connectivity index (χ4v) is 2.17. The molecule has 0 spiro atoms. The van der Waals surface area contributed by atoms with Crippen molar-refractivity contribution in [1.82, 2.24) is 15.0 Å². The Hall–Kier alpha value is -2.53. The van der Waals surface area contributed by atoms with E-state index in [1.807, 2.05) is 37.4 Å². The summed E-state index contributed by atoms with van der Waals surface area (Å²) in [5.41, 5.74) is 7.62. The standard InChI is InChI=1S/C16H17N5/c1-11(9-17)20-16-14-4-7-19-10-13(14)8-15(21-16)12-2-5-18-6-3-12/h2-8,10-11H,9,17H2,1H3,(H,20,21). The van der Waals surface area contributed by atoms with Gasteiger partial charge in [-0.25, -0.2) is 4.98 Å². The quantitative estimate of drug-likeness (QED) is 0.767. The molecule has 0 saturated carbocycles. The third kappa shape index (κ3) is 2.83. The molecule has 0 aromatic carbocycles. The molecule has 1 atom stereocenters. The molecule has 5 nitrogen and oxygen atoms in total. The van der Waals surface area contributed by atoms with E-state index in [1.54, 1.807) is 18.6 Å². The van der Waals surface area contributed by atoms with Crippen LogP contribution >= 0.6 is 0 Å². The lowest BCUT2D eigenvalue weighted by Gasteiger charge is -2.15. The molecular weight excluding hydrogens is 262 g/mol. The van der Waals surface area contributed by atoms with Gasteiger partial charge in [-0.05, 0) is 31.2 Å². The summed E-state index contributed by atoms with van der Waals surface area (Å²) in [5, 5.41) is 5.46. The maximum absolute atomic E-state index is 5.70. The number of aromatic nitrogens is 3. The first-order valence-electron chi connectivity index (χ1n) is 6.89. The lowest BCUT2D eigenvalue weighted by Crippen LogP contribution is -2.25. The number of nitrogens with one attached hydrogen (secondary N) is 1. The Morgan fingerprint density at radius 1 is 1.14 bits per heavy atom. The van der Waals surface area contributed by atoms with Crippen LogP contribution in [-0.2, 0) is 0 Å². The van der Waals surface area contributed by atoms with Crippen LogP contribution in [0.5, 0.6) is 0 Å². The van der Waals surface area contributed by atoms with Gasteiger partial charge in [-0.15, -0.1) is 0 Å². The van der Waals surface area contributed by atoms with Crippen LogP contribution in [0.15, 0.2) is 49.1 Å². The number of rotatable bonds is 4. The van der Waals surface area contributed by atoms with Gasteiger partial charge in [0.2, 0.25) is 0 Å². The van der Waals surface area contributed by atoms with E-state index in [0.29, 0.717) is 6.54 Å². The second kappa shape index (κ2) is 5.85. The molecule has 3 N–H and O–H groups in total. The van der Waals surface area contributed by atoms with Crippen molar-refractivity contribution in [2.45, 2.75) is 13.0 Å². The van der Waals surface area contributed by atoms with Crippen LogP contribution < -0.4 is 11.1 Å². The van der Waals surface area contributed by atoms with Gasteiger partial charge in [0, 0.05) is 53.7 Å². The van der Waals surface area contributed by atoms with Gasteiger partial charge in [0.1, 0.15) is 5.82 Å². The van der Waals surface area contributed by atoms with Crippen LogP contribution in [0.1, 0.15) is 6.92 Å². The van der Waals surface area contributed by atoms with Gasteiger partial charge in [0.05, 0.1) is 5.69 Å². The molecule has 0 radical (unpaired) electrons. The van der Waals surface area contributed by atoms with Gasteiger partial charge in [-0.2, -0.15) is 0 Å². The van der Waals surface area contributed by atoms with Crippen LogP contribution in [0, 0.1) is 0 Å². The summed E-state index contributed by atoms with van der Waals surface area (Å²) in [4.78, 5) is 13.0. The molecule has 106 valence electrons. The molecule has 0 saturated heterocycles. The average Bonchev–Trinajstić information content (AvgIpc) is 2.55. The summed E-state index contributed by atoms with van der Waals surface area (Å²) in [6.07, 6.45) is 7.15. The van der Waals surface area contributed by atoms with Crippen molar-refractivity contribution in [2.75, 3.05) is 11.9 Å². The van der Waals surface area contributed by atoms with E-state index in [-0.39, 0.29) is 6.04 Å². The lowest BCUT2D eigenvalue weighted by atomic mass is 10.1. The van der Waals surface area contributed by atoms with Crippen molar-refractivity contribution >= 4 is 16.6 Å². The van der Waals surface area contributed by atoms with Crippen LogP contribution in [0.3, 0.4) is 0 Å². The summed E-state index contributed by atoms with van der Waals surface area (Å²) >= 11 is 0. The zero-order chi connectivity index (χ0) is 14.7. The molecule has 3 aromatic heterocycles. The van der Waals surface area contributed by atoms with E-state index in [4.69, 9.17) is 10.7 Å². The molecule has 3 heterocycles. The zero-order valence-corrected chi connectivity index (χ0v) is 11.8. The fraction of sp³-hybridized carbons (Fsp3) is 0.188. The predicted octanol–water partition coefficient (Wildman–Crippen LogP) is 2.45. The molecule has 0 aliphatic rings. The Bertz CT molecular complexity index is 742. The number of anilines is 1. The Labute approximate surface area is 123 Å². The average molecular weight is 279 g/mol. The van der Waals surface area contributed by atoms with Crippen molar-refractivity contribution in [3.8, 4) is 11.3 Å². The molecule has 0 amide bonds. The van der Waals surface area contributed by atoms with Gasteiger partial charge in [0.15, 0.2) is 0 Å². The number of nitrogens with zero attached hydrogens (tertiary/aromatic N) is 3.